The Hall–Kier alpha value is -1.82. The molecule has 0 heterocycles. The second kappa shape index (κ2) is 4.13. The van der Waals surface area contributed by atoms with Crippen LogP contribution in [0.25, 0.3) is 16.3 Å². The minimum atomic E-state index is 1.11. The maximum Gasteiger partial charge on any atom is -0.00554 e. The smallest absolute Gasteiger partial charge is 0.00554 e. The Morgan fingerprint density at radius 1 is 0.778 bits per heavy atom. The molecule has 0 radical (unpaired) electrons. The summed E-state index contributed by atoms with van der Waals surface area (Å²) in [5.41, 5.74) is 7.31. The van der Waals surface area contributed by atoms with Crippen LogP contribution in [0.15, 0.2) is 59.2 Å². The fourth-order valence-corrected chi connectivity index (χ4v) is 2.77. The Labute approximate surface area is 109 Å². The number of hydrogen-bond donors (Lipinski definition) is 0. The average Bonchev–Trinajstić information content (AvgIpc) is 2.66. The van der Waals surface area contributed by atoms with Gasteiger partial charge in [0.1, 0.15) is 0 Å². The maximum absolute atomic E-state index is 2.32. The van der Waals surface area contributed by atoms with Gasteiger partial charge in [-0.3, -0.25) is 0 Å². The highest BCUT2D eigenvalue weighted by atomic mass is 14.2. The van der Waals surface area contributed by atoms with E-state index in [4.69, 9.17) is 0 Å². The molecule has 0 bridgehead atoms. The van der Waals surface area contributed by atoms with Gasteiger partial charge < -0.3 is 0 Å². The van der Waals surface area contributed by atoms with Crippen LogP contribution in [0.3, 0.4) is 0 Å². The van der Waals surface area contributed by atoms with Gasteiger partial charge in [0.25, 0.3) is 0 Å². The van der Waals surface area contributed by atoms with E-state index in [0.29, 0.717) is 0 Å². The van der Waals surface area contributed by atoms with E-state index in [1.807, 2.05) is 0 Å². The fourth-order valence-electron chi connectivity index (χ4n) is 2.77. The second-order valence-electron chi connectivity index (χ2n) is 5.25. The largest absolute Gasteiger partial charge is 0.0657 e. The van der Waals surface area contributed by atoms with Crippen molar-refractivity contribution < 1.29 is 0 Å². The highest BCUT2D eigenvalue weighted by molar-refractivity contribution is 5.88. The molecule has 0 saturated heterocycles. The van der Waals surface area contributed by atoms with Gasteiger partial charge in [0.05, 0.1) is 0 Å². The minimum absolute atomic E-state index is 1.11. The molecule has 1 aliphatic rings. The van der Waals surface area contributed by atoms with Crippen molar-refractivity contribution in [3.8, 4) is 0 Å². The zero-order valence-electron chi connectivity index (χ0n) is 11.2. The summed E-state index contributed by atoms with van der Waals surface area (Å²) in [7, 11) is 0. The second-order valence-corrected chi connectivity index (χ2v) is 5.25. The lowest BCUT2D eigenvalue weighted by Gasteiger charge is -2.07. The van der Waals surface area contributed by atoms with Crippen molar-refractivity contribution in [2.75, 3.05) is 0 Å². The Morgan fingerprint density at radius 3 is 2.17 bits per heavy atom. The quantitative estimate of drug-likeness (QED) is 0.623. The summed E-state index contributed by atoms with van der Waals surface area (Å²) in [5.74, 6) is 0. The monoisotopic (exact) mass is 234 g/mol. The Kier molecular flexibility index (Phi) is 2.59. The number of rotatable bonds is 1. The van der Waals surface area contributed by atoms with Gasteiger partial charge in [-0.1, -0.05) is 42.0 Å². The molecule has 90 valence electrons. The summed E-state index contributed by atoms with van der Waals surface area (Å²) in [6, 6.07) is 15.4. The van der Waals surface area contributed by atoms with Crippen LogP contribution in [-0.2, 0) is 0 Å². The van der Waals surface area contributed by atoms with Crippen molar-refractivity contribution in [2.24, 2.45) is 0 Å². The van der Waals surface area contributed by atoms with Crippen molar-refractivity contribution in [3.63, 3.8) is 0 Å². The maximum atomic E-state index is 2.32. The van der Waals surface area contributed by atoms with E-state index in [1.165, 1.54) is 38.6 Å². The van der Waals surface area contributed by atoms with Crippen molar-refractivity contribution in [3.05, 3.63) is 64.7 Å². The molecule has 0 unspecified atom stereocenters. The molecule has 2 aromatic carbocycles. The Bertz CT molecular complexity index is 684. The number of allylic oxidation sites excluding steroid dienone is 4. The zero-order chi connectivity index (χ0) is 12.7. The summed E-state index contributed by atoms with van der Waals surface area (Å²) in [6.07, 6.45) is 1.11. The molecule has 18 heavy (non-hydrogen) atoms. The summed E-state index contributed by atoms with van der Waals surface area (Å²) in [4.78, 5) is 0. The third kappa shape index (κ3) is 1.69. The van der Waals surface area contributed by atoms with Crippen LogP contribution >= 0.6 is 0 Å². The van der Waals surface area contributed by atoms with Gasteiger partial charge in [-0.05, 0) is 66.3 Å². The highest BCUT2D eigenvalue weighted by Crippen LogP contribution is 2.38. The van der Waals surface area contributed by atoms with Crippen LogP contribution in [0.4, 0.5) is 0 Å². The molecule has 2 aromatic rings. The molecule has 1 aliphatic carbocycles. The van der Waals surface area contributed by atoms with Gasteiger partial charge >= 0.3 is 0 Å². The van der Waals surface area contributed by atoms with E-state index in [2.05, 4.69) is 63.2 Å². The fraction of sp³-hybridized carbons (Fsp3) is 0.222. The van der Waals surface area contributed by atoms with E-state index >= 15 is 0 Å². The molecule has 0 amide bonds. The van der Waals surface area contributed by atoms with Crippen LogP contribution in [-0.4, -0.2) is 0 Å². The predicted molar refractivity (Wildman–Crippen MR) is 79.5 cm³/mol. The molecular weight excluding hydrogens is 216 g/mol. The van der Waals surface area contributed by atoms with Gasteiger partial charge in [0, 0.05) is 0 Å². The molecule has 3 rings (SSSR count). The summed E-state index contributed by atoms with van der Waals surface area (Å²) in [6.45, 7) is 6.72. The average molecular weight is 234 g/mol. The van der Waals surface area contributed by atoms with Crippen LogP contribution in [0.2, 0.25) is 0 Å². The molecule has 0 heteroatoms. The van der Waals surface area contributed by atoms with Gasteiger partial charge in [0.2, 0.25) is 0 Å². The molecule has 0 aliphatic heterocycles. The Balaban J connectivity index is 2.12. The van der Waals surface area contributed by atoms with Crippen LogP contribution in [0, 0.1) is 0 Å². The van der Waals surface area contributed by atoms with Crippen molar-refractivity contribution in [1.29, 1.82) is 0 Å². The molecule has 0 N–H and O–H groups in total. The van der Waals surface area contributed by atoms with Crippen LogP contribution < -0.4 is 0 Å². The molecule has 0 nitrogen and oxygen atoms in total. The number of fused-ring (bicyclic) bond motifs is 1. The summed E-state index contributed by atoms with van der Waals surface area (Å²) in [5, 5.41) is 2.65. The first kappa shape index (κ1) is 11.3. The van der Waals surface area contributed by atoms with E-state index in [1.54, 1.807) is 0 Å². The first-order chi connectivity index (χ1) is 8.66. The normalized spacial score (nSPS) is 15.9. The lowest BCUT2D eigenvalue weighted by atomic mass is 9.97. The number of benzene rings is 2. The van der Waals surface area contributed by atoms with E-state index in [-0.39, 0.29) is 0 Å². The molecule has 0 spiro atoms. The van der Waals surface area contributed by atoms with Crippen molar-refractivity contribution in [2.45, 2.75) is 27.2 Å². The van der Waals surface area contributed by atoms with Crippen molar-refractivity contribution >= 4 is 16.3 Å². The highest BCUT2D eigenvalue weighted by Gasteiger charge is 2.16. The molecule has 0 atom stereocenters. The van der Waals surface area contributed by atoms with Crippen LogP contribution in [0.5, 0.6) is 0 Å². The Morgan fingerprint density at radius 2 is 1.50 bits per heavy atom. The SMILES string of the molecule is CC1=C(C)C(C)=C(c2ccc3ccccc3c2)C1. The van der Waals surface area contributed by atoms with Crippen molar-refractivity contribution in [1.82, 2.24) is 0 Å². The first-order valence-corrected chi connectivity index (χ1v) is 6.52. The van der Waals surface area contributed by atoms with E-state index in [9.17, 15) is 0 Å². The minimum Gasteiger partial charge on any atom is -0.0657 e. The van der Waals surface area contributed by atoms with Gasteiger partial charge in [0.15, 0.2) is 0 Å². The number of hydrogen-bond acceptors (Lipinski definition) is 0. The van der Waals surface area contributed by atoms with Crippen LogP contribution in [0.1, 0.15) is 32.8 Å². The molecule has 0 saturated carbocycles. The van der Waals surface area contributed by atoms with Gasteiger partial charge in [-0.25, -0.2) is 0 Å². The van der Waals surface area contributed by atoms with Gasteiger partial charge in [-0.2, -0.15) is 0 Å². The summed E-state index contributed by atoms with van der Waals surface area (Å²) < 4.78 is 0. The van der Waals surface area contributed by atoms with Gasteiger partial charge in [-0.15, -0.1) is 0 Å². The lowest BCUT2D eigenvalue weighted by molar-refractivity contribution is 1.22. The summed E-state index contributed by atoms with van der Waals surface area (Å²) >= 11 is 0. The molecular formula is C18H18. The topological polar surface area (TPSA) is 0 Å². The standard InChI is InChI=1S/C18H18/c1-12-10-18(14(3)13(12)2)17-9-8-15-6-4-5-7-16(15)11-17/h4-9,11H,10H2,1-3H3. The molecule has 0 fully saturated rings. The lowest BCUT2D eigenvalue weighted by Crippen LogP contribution is -1.85. The van der Waals surface area contributed by atoms with E-state index < -0.39 is 0 Å². The first-order valence-electron chi connectivity index (χ1n) is 6.52. The third-order valence-corrected chi connectivity index (χ3v) is 4.20. The molecule has 0 aromatic heterocycles. The predicted octanol–water partition coefficient (Wildman–Crippen LogP) is 5.35. The third-order valence-electron chi connectivity index (χ3n) is 4.20. The van der Waals surface area contributed by atoms with E-state index in [0.717, 1.165) is 6.42 Å². The zero-order valence-corrected chi connectivity index (χ0v) is 11.2.